The Hall–Kier alpha value is -0.860. The van der Waals surface area contributed by atoms with Crippen LogP contribution in [0.15, 0.2) is 30.3 Å². The first kappa shape index (κ1) is 14.1. The van der Waals surface area contributed by atoms with Crippen molar-refractivity contribution >= 4 is 0 Å². The fourth-order valence-electron chi connectivity index (χ4n) is 4.52. The Bertz CT molecular complexity index is 446. The summed E-state index contributed by atoms with van der Waals surface area (Å²) in [6.45, 7) is 8.12. The van der Waals surface area contributed by atoms with Crippen LogP contribution in [0.2, 0.25) is 0 Å². The van der Waals surface area contributed by atoms with Gasteiger partial charge in [-0.25, -0.2) is 0 Å². The molecule has 1 aliphatic heterocycles. The van der Waals surface area contributed by atoms with Gasteiger partial charge in [0.25, 0.3) is 0 Å². The highest BCUT2D eigenvalue weighted by atomic mass is 16.3. The zero-order valence-electron chi connectivity index (χ0n) is 12.8. The van der Waals surface area contributed by atoms with Gasteiger partial charge in [0, 0.05) is 13.1 Å². The first-order valence-corrected chi connectivity index (χ1v) is 8.03. The Labute approximate surface area is 122 Å². The molecule has 1 aliphatic carbocycles. The number of likely N-dealkylation sites (tertiary alicyclic amines) is 1. The molecule has 4 atom stereocenters. The summed E-state index contributed by atoms with van der Waals surface area (Å²) in [4.78, 5) is 2.61. The van der Waals surface area contributed by atoms with E-state index < -0.39 is 0 Å². The molecule has 1 aromatic rings. The molecule has 3 rings (SSSR count). The molecule has 0 spiro atoms. The van der Waals surface area contributed by atoms with Gasteiger partial charge in [-0.1, -0.05) is 44.2 Å². The van der Waals surface area contributed by atoms with Crippen molar-refractivity contribution in [2.75, 3.05) is 13.1 Å². The van der Waals surface area contributed by atoms with Crippen molar-refractivity contribution in [3.05, 3.63) is 35.9 Å². The van der Waals surface area contributed by atoms with E-state index in [9.17, 15) is 5.11 Å². The van der Waals surface area contributed by atoms with Gasteiger partial charge in [0.1, 0.15) is 0 Å². The molecule has 0 amide bonds. The summed E-state index contributed by atoms with van der Waals surface area (Å²) < 4.78 is 0. The number of hydrogen-bond acceptors (Lipinski definition) is 2. The molecule has 2 nitrogen and oxygen atoms in total. The molecule has 110 valence electrons. The average molecular weight is 273 g/mol. The Morgan fingerprint density at radius 1 is 1.25 bits per heavy atom. The van der Waals surface area contributed by atoms with E-state index in [1.165, 1.54) is 31.5 Å². The SMILES string of the molecule is C[C@@H]1[C@H](O)CC[C@]2(C)CN(Cc3ccccc3)CC[C@H]12. The minimum absolute atomic E-state index is 0.0752. The van der Waals surface area contributed by atoms with Crippen LogP contribution in [0.4, 0.5) is 0 Å². The lowest BCUT2D eigenvalue weighted by molar-refractivity contribution is -0.0784. The summed E-state index contributed by atoms with van der Waals surface area (Å²) in [5.74, 6) is 1.16. The van der Waals surface area contributed by atoms with E-state index in [2.05, 4.69) is 49.1 Å². The van der Waals surface area contributed by atoms with E-state index >= 15 is 0 Å². The van der Waals surface area contributed by atoms with Gasteiger partial charge in [0.15, 0.2) is 0 Å². The van der Waals surface area contributed by atoms with Crippen LogP contribution in [0.1, 0.15) is 38.7 Å². The molecular formula is C18H27NO. The molecule has 2 fully saturated rings. The summed E-state index contributed by atoms with van der Waals surface area (Å²) in [7, 11) is 0. The van der Waals surface area contributed by atoms with Gasteiger partial charge < -0.3 is 5.11 Å². The van der Waals surface area contributed by atoms with Crippen LogP contribution in [-0.2, 0) is 6.54 Å². The van der Waals surface area contributed by atoms with E-state index in [1.54, 1.807) is 0 Å². The number of piperidine rings is 1. The normalized spacial score (nSPS) is 38.5. The number of fused-ring (bicyclic) bond motifs is 1. The molecule has 2 aliphatic rings. The molecule has 0 radical (unpaired) electrons. The number of aliphatic hydroxyl groups excluding tert-OH is 1. The van der Waals surface area contributed by atoms with Crippen LogP contribution in [0.25, 0.3) is 0 Å². The van der Waals surface area contributed by atoms with E-state index in [0.717, 1.165) is 13.0 Å². The Balaban J connectivity index is 1.68. The number of nitrogens with zero attached hydrogens (tertiary/aromatic N) is 1. The van der Waals surface area contributed by atoms with Crippen LogP contribution in [0, 0.1) is 17.3 Å². The Morgan fingerprint density at radius 3 is 2.75 bits per heavy atom. The highest BCUT2D eigenvalue weighted by Gasteiger charge is 2.46. The second-order valence-corrected chi connectivity index (χ2v) is 7.21. The molecule has 1 saturated carbocycles. The van der Waals surface area contributed by atoms with E-state index in [0.29, 0.717) is 17.3 Å². The highest BCUT2D eigenvalue weighted by Crippen LogP contribution is 2.48. The minimum atomic E-state index is -0.0752. The van der Waals surface area contributed by atoms with Crippen molar-refractivity contribution in [3.8, 4) is 0 Å². The molecule has 1 aromatic carbocycles. The third-order valence-corrected chi connectivity index (χ3v) is 5.74. The standard InChI is InChI=1S/C18H27NO/c1-14-16-9-11-19(12-15-6-4-3-5-7-15)13-18(16,2)10-8-17(14)20/h3-7,14,16-17,20H,8-13H2,1-2H3/t14-,16+,17+,18+/m0/s1. The average Bonchev–Trinajstić information content (AvgIpc) is 2.44. The number of benzene rings is 1. The fourth-order valence-corrected chi connectivity index (χ4v) is 4.52. The largest absolute Gasteiger partial charge is 0.393 e. The molecule has 0 unspecified atom stereocenters. The molecule has 1 N–H and O–H groups in total. The van der Waals surface area contributed by atoms with Crippen molar-refractivity contribution in [3.63, 3.8) is 0 Å². The van der Waals surface area contributed by atoms with Gasteiger partial charge in [-0.05, 0) is 48.6 Å². The van der Waals surface area contributed by atoms with Crippen molar-refractivity contribution < 1.29 is 5.11 Å². The second kappa shape index (κ2) is 5.50. The van der Waals surface area contributed by atoms with Crippen molar-refractivity contribution in [2.45, 2.75) is 45.8 Å². The summed E-state index contributed by atoms with van der Waals surface area (Å²) >= 11 is 0. The first-order chi connectivity index (χ1) is 9.58. The highest BCUT2D eigenvalue weighted by molar-refractivity contribution is 5.14. The van der Waals surface area contributed by atoms with Gasteiger partial charge in [-0.2, -0.15) is 0 Å². The summed E-state index contributed by atoms with van der Waals surface area (Å²) in [5, 5.41) is 10.1. The summed E-state index contributed by atoms with van der Waals surface area (Å²) in [6.07, 6.45) is 3.32. The van der Waals surface area contributed by atoms with Crippen molar-refractivity contribution in [2.24, 2.45) is 17.3 Å². The number of rotatable bonds is 2. The second-order valence-electron chi connectivity index (χ2n) is 7.21. The Morgan fingerprint density at radius 2 is 2.00 bits per heavy atom. The predicted octanol–water partition coefficient (Wildman–Crippen LogP) is 3.31. The maximum absolute atomic E-state index is 10.1. The molecule has 20 heavy (non-hydrogen) atoms. The molecule has 0 aromatic heterocycles. The van der Waals surface area contributed by atoms with Crippen molar-refractivity contribution in [1.29, 1.82) is 0 Å². The molecular weight excluding hydrogens is 246 g/mol. The minimum Gasteiger partial charge on any atom is -0.393 e. The lowest BCUT2D eigenvalue weighted by atomic mass is 9.59. The molecule has 1 saturated heterocycles. The smallest absolute Gasteiger partial charge is 0.0568 e. The number of aliphatic hydroxyl groups is 1. The third kappa shape index (κ3) is 2.64. The lowest BCUT2D eigenvalue weighted by Gasteiger charge is -2.53. The van der Waals surface area contributed by atoms with Crippen LogP contribution in [0.3, 0.4) is 0 Å². The van der Waals surface area contributed by atoms with Crippen LogP contribution >= 0.6 is 0 Å². The number of hydrogen-bond donors (Lipinski definition) is 1. The van der Waals surface area contributed by atoms with Crippen molar-refractivity contribution in [1.82, 2.24) is 4.90 Å². The van der Waals surface area contributed by atoms with Gasteiger partial charge >= 0.3 is 0 Å². The Kier molecular flexibility index (Phi) is 3.87. The maximum Gasteiger partial charge on any atom is 0.0568 e. The van der Waals surface area contributed by atoms with Crippen LogP contribution in [-0.4, -0.2) is 29.2 Å². The van der Waals surface area contributed by atoms with Crippen LogP contribution in [0.5, 0.6) is 0 Å². The molecule has 0 bridgehead atoms. The monoisotopic (exact) mass is 273 g/mol. The third-order valence-electron chi connectivity index (χ3n) is 5.74. The van der Waals surface area contributed by atoms with Gasteiger partial charge in [0.05, 0.1) is 6.10 Å². The zero-order chi connectivity index (χ0) is 14.2. The summed E-state index contributed by atoms with van der Waals surface area (Å²) in [6, 6.07) is 10.8. The van der Waals surface area contributed by atoms with Crippen LogP contribution < -0.4 is 0 Å². The molecule has 1 heterocycles. The topological polar surface area (TPSA) is 23.5 Å². The van der Waals surface area contributed by atoms with Gasteiger partial charge in [0.2, 0.25) is 0 Å². The van der Waals surface area contributed by atoms with E-state index in [1.807, 2.05) is 0 Å². The van der Waals surface area contributed by atoms with E-state index in [-0.39, 0.29) is 6.10 Å². The first-order valence-electron chi connectivity index (χ1n) is 8.03. The van der Waals surface area contributed by atoms with E-state index in [4.69, 9.17) is 0 Å². The van der Waals surface area contributed by atoms with Gasteiger partial charge in [-0.15, -0.1) is 0 Å². The van der Waals surface area contributed by atoms with Gasteiger partial charge in [-0.3, -0.25) is 4.90 Å². The quantitative estimate of drug-likeness (QED) is 0.893. The summed E-state index contributed by atoms with van der Waals surface area (Å²) in [5.41, 5.74) is 1.81. The fraction of sp³-hybridized carbons (Fsp3) is 0.667. The maximum atomic E-state index is 10.1. The predicted molar refractivity (Wildman–Crippen MR) is 82.3 cm³/mol. The lowest BCUT2D eigenvalue weighted by Crippen LogP contribution is -2.53. The zero-order valence-corrected chi connectivity index (χ0v) is 12.8. The molecule has 2 heteroatoms.